The van der Waals surface area contributed by atoms with E-state index in [2.05, 4.69) is 0 Å². The standard InChI is InChI=1S/C11H8N2O4S2/c1-12-10(15)9(19-11(12)18)5-6-4-7(13(16)17)2-3-8(6)14/h2-5,14H,1H3/b9-5+. The molecule has 0 atom stereocenters. The Morgan fingerprint density at radius 1 is 1.53 bits per heavy atom. The summed E-state index contributed by atoms with van der Waals surface area (Å²) < 4.78 is 0.404. The van der Waals surface area contributed by atoms with Gasteiger partial charge in [-0.15, -0.1) is 0 Å². The number of hydrogen-bond acceptors (Lipinski definition) is 6. The number of thiocarbonyl (C=S) groups is 1. The fourth-order valence-electron chi connectivity index (χ4n) is 1.46. The zero-order chi connectivity index (χ0) is 14.2. The van der Waals surface area contributed by atoms with E-state index >= 15 is 0 Å². The predicted octanol–water partition coefficient (Wildman–Crippen LogP) is 2.13. The van der Waals surface area contributed by atoms with Crippen molar-refractivity contribution in [2.24, 2.45) is 0 Å². The predicted molar refractivity (Wildman–Crippen MR) is 75.7 cm³/mol. The molecule has 1 aromatic carbocycles. The first kappa shape index (κ1) is 13.5. The molecule has 1 aromatic rings. The number of nitro groups is 1. The Kier molecular flexibility index (Phi) is 3.54. The summed E-state index contributed by atoms with van der Waals surface area (Å²) in [6.45, 7) is 0. The summed E-state index contributed by atoms with van der Waals surface area (Å²) >= 11 is 6.06. The van der Waals surface area contributed by atoms with Crippen LogP contribution in [0, 0.1) is 10.1 Å². The highest BCUT2D eigenvalue weighted by Crippen LogP contribution is 2.34. The molecule has 98 valence electrons. The summed E-state index contributed by atoms with van der Waals surface area (Å²) in [7, 11) is 1.55. The first-order valence-electron chi connectivity index (χ1n) is 5.09. The van der Waals surface area contributed by atoms with Gasteiger partial charge in [-0.1, -0.05) is 24.0 Å². The van der Waals surface area contributed by atoms with Gasteiger partial charge in [0, 0.05) is 24.7 Å². The van der Waals surface area contributed by atoms with Crippen LogP contribution in [0.25, 0.3) is 6.08 Å². The van der Waals surface area contributed by atoms with Gasteiger partial charge in [-0.2, -0.15) is 0 Å². The molecule has 0 radical (unpaired) electrons. The van der Waals surface area contributed by atoms with Gasteiger partial charge in [0.25, 0.3) is 11.6 Å². The van der Waals surface area contributed by atoms with E-state index in [1.54, 1.807) is 7.05 Å². The molecule has 0 saturated carbocycles. The summed E-state index contributed by atoms with van der Waals surface area (Å²) in [6, 6.07) is 3.62. The van der Waals surface area contributed by atoms with Crippen LogP contribution in [0.5, 0.6) is 5.75 Å². The molecule has 1 aliphatic rings. The van der Waals surface area contributed by atoms with Crippen molar-refractivity contribution in [2.45, 2.75) is 0 Å². The lowest BCUT2D eigenvalue weighted by molar-refractivity contribution is -0.384. The SMILES string of the molecule is CN1C(=O)/C(=C\c2cc([N+](=O)[O-])ccc2O)SC1=S. The molecule has 1 aliphatic heterocycles. The second-order valence-corrected chi connectivity index (χ2v) is 5.42. The number of rotatable bonds is 2. The zero-order valence-electron chi connectivity index (χ0n) is 9.69. The van der Waals surface area contributed by atoms with Crippen molar-refractivity contribution in [1.29, 1.82) is 0 Å². The Bertz CT molecular complexity index is 627. The largest absolute Gasteiger partial charge is 0.507 e. The first-order chi connectivity index (χ1) is 8.90. The lowest BCUT2D eigenvalue weighted by Gasteiger charge is -2.03. The lowest BCUT2D eigenvalue weighted by atomic mass is 10.1. The molecule has 0 spiro atoms. The topological polar surface area (TPSA) is 83.7 Å². The van der Waals surface area contributed by atoms with Crippen molar-refractivity contribution >= 4 is 46.0 Å². The number of hydrogen-bond donors (Lipinski definition) is 1. The Hall–Kier alpha value is -1.93. The summed E-state index contributed by atoms with van der Waals surface area (Å²) in [5.74, 6) is -0.423. The van der Waals surface area contributed by atoms with Crippen LogP contribution in [0.2, 0.25) is 0 Å². The number of non-ortho nitro benzene ring substituents is 1. The van der Waals surface area contributed by atoms with E-state index < -0.39 is 4.92 Å². The van der Waals surface area contributed by atoms with Crippen LogP contribution < -0.4 is 0 Å². The molecule has 19 heavy (non-hydrogen) atoms. The molecule has 2 rings (SSSR count). The molecular weight excluding hydrogens is 288 g/mol. The van der Waals surface area contributed by atoms with Crippen molar-refractivity contribution in [1.82, 2.24) is 4.90 Å². The van der Waals surface area contributed by atoms with Crippen LogP contribution in [0.1, 0.15) is 5.56 Å². The first-order valence-corrected chi connectivity index (χ1v) is 6.31. The molecule has 1 amide bonds. The molecule has 8 heteroatoms. The van der Waals surface area contributed by atoms with Gasteiger partial charge in [0.2, 0.25) is 0 Å². The Balaban J connectivity index is 2.43. The zero-order valence-corrected chi connectivity index (χ0v) is 11.3. The minimum Gasteiger partial charge on any atom is -0.507 e. The van der Waals surface area contributed by atoms with Crippen LogP contribution >= 0.6 is 24.0 Å². The van der Waals surface area contributed by atoms with Crippen LogP contribution in [-0.2, 0) is 4.79 Å². The van der Waals surface area contributed by atoms with E-state index in [0.29, 0.717) is 9.23 Å². The average Bonchev–Trinajstić information content (AvgIpc) is 2.59. The van der Waals surface area contributed by atoms with E-state index in [4.69, 9.17) is 12.2 Å². The third-order valence-electron chi connectivity index (χ3n) is 2.50. The molecule has 1 N–H and O–H groups in total. The van der Waals surface area contributed by atoms with Gasteiger partial charge in [0.1, 0.15) is 10.1 Å². The molecular formula is C11H8N2O4S2. The maximum atomic E-state index is 11.8. The summed E-state index contributed by atoms with van der Waals surface area (Å²) in [5, 5.41) is 20.3. The van der Waals surface area contributed by atoms with Crippen molar-refractivity contribution in [3.8, 4) is 5.75 Å². The number of aromatic hydroxyl groups is 1. The molecule has 0 bridgehead atoms. The molecule has 1 saturated heterocycles. The second kappa shape index (κ2) is 4.98. The fraction of sp³-hybridized carbons (Fsp3) is 0.0909. The van der Waals surface area contributed by atoms with Crippen molar-refractivity contribution in [3.05, 3.63) is 38.8 Å². The number of thioether (sulfide) groups is 1. The highest BCUT2D eigenvalue weighted by atomic mass is 32.2. The summed E-state index contributed by atoms with van der Waals surface area (Å²) in [4.78, 5) is 23.5. The van der Waals surface area contributed by atoms with Gasteiger partial charge >= 0.3 is 0 Å². The second-order valence-electron chi connectivity index (χ2n) is 3.74. The van der Waals surface area contributed by atoms with Crippen LogP contribution in [-0.4, -0.2) is 32.2 Å². The van der Waals surface area contributed by atoms with Crippen molar-refractivity contribution in [3.63, 3.8) is 0 Å². The van der Waals surface area contributed by atoms with Gasteiger partial charge in [-0.05, 0) is 12.1 Å². The number of phenols is 1. The summed E-state index contributed by atoms with van der Waals surface area (Å²) in [5.41, 5.74) is 0.0548. The number of benzene rings is 1. The summed E-state index contributed by atoms with van der Waals surface area (Å²) in [6.07, 6.45) is 1.39. The highest BCUT2D eigenvalue weighted by Gasteiger charge is 2.29. The molecule has 1 fully saturated rings. The van der Waals surface area contributed by atoms with Gasteiger partial charge in [0.15, 0.2) is 0 Å². The molecule has 0 aliphatic carbocycles. The monoisotopic (exact) mass is 296 g/mol. The van der Waals surface area contributed by atoms with E-state index in [-0.39, 0.29) is 22.9 Å². The number of likely N-dealkylation sites (N-methyl/N-ethyl adjacent to an activating group) is 1. The number of phenolic OH excluding ortho intramolecular Hbond substituents is 1. The quantitative estimate of drug-likeness (QED) is 0.389. The number of carbonyl (C=O) groups is 1. The third kappa shape index (κ3) is 2.59. The van der Waals surface area contributed by atoms with E-state index in [1.165, 1.54) is 29.2 Å². The number of carbonyl (C=O) groups excluding carboxylic acids is 1. The normalized spacial score (nSPS) is 17.3. The number of amides is 1. The van der Waals surface area contributed by atoms with Gasteiger partial charge in [-0.3, -0.25) is 19.8 Å². The van der Waals surface area contributed by atoms with Crippen LogP contribution in [0.15, 0.2) is 23.1 Å². The van der Waals surface area contributed by atoms with Crippen molar-refractivity contribution < 1.29 is 14.8 Å². The Morgan fingerprint density at radius 3 is 2.74 bits per heavy atom. The van der Waals surface area contributed by atoms with Crippen LogP contribution in [0.4, 0.5) is 5.69 Å². The number of nitrogens with zero attached hydrogens (tertiary/aromatic N) is 2. The molecule has 6 nitrogen and oxygen atoms in total. The minimum absolute atomic E-state index is 0.132. The average molecular weight is 296 g/mol. The maximum Gasteiger partial charge on any atom is 0.270 e. The molecule has 0 aromatic heterocycles. The maximum absolute atomic E-state index is 11.8. The Labute approximate surface area is 117 Å². The van der Waals surface area contributed by atoms with E-state index in [1.807, 2.05) is 0 Å². The van der Waals surface area contributed by atoms with Gasteiger partial charge in [0.05, 0.1) is 9.83 Å². The fourth-order valence-corrected chi connectivity index (χ4v) is 2.63. The van der Waals surface area contributed by atoms with Gasteiger partial charge in [-0.25, -0.2) is 0 Å². The lowest BCUT2D eigenvalue weighted by Crippen LogP contribution is -2.22. The van der Waals surface area contributed by atoms with E-state index in [0.717, 1.165) is 11.8 Å². The molecule has 1 heterocycles. The molecule has 0 unspecified atom stereocenters. The number of nitro benzene ring substituents is 1. The minimum atomic E-state index is -0.568. The van der Waals surface area contributed by atoms with Crippen molar-refractivity contribution in [2.75, 3.05) is 7.05 Å². The van der Waals surface area contributed by atoms with E-state index in [9.17, 15) is 20.0 Å². The Morgan fingerprint density at radius 2 is 2.21 bits per heavy atom. The van der Waals surface area contributed by atoms with Gasteiger partial charge < -0.3 is 5.11 Å². The third-order valence-corrected chi connectivity index (χ3v) is 3.98. The highest BCUT2D eigenvalue weighted by molar-refractivity contribution is 8.26. The van der Waals surface area contributed by atoms with Crippen LogP contribution in [0.3, 0.4) is 0 Å². The smallest absolute Gasteiger partial charge is 0.270 e.